The van der Waals surface area contributed by atoms with Crippen molar-refractivity contribution in [2.75, 3.05) is 31.1 Å². The van der Waals surface area contributed by atoms with Crippen molar-refractivity contribution in [1.29, 1.82) is 5.26 Å². The molecule has 1 aliphatic heterocycles. The van der Waals surface area contributed by atoms with Crippen LogP contribution in [0.2, 0.25) is 0 Å². The summed E-state index contributed by atoms with van der Waals surface area (Å²) in [5, 5.41) is 8.96. The van der Waals surface area contributed by atoms with E-state index in [0.29, 0.717) is 31.7 Å². The molecule has 3 rings (SSSR count). The van der Waals surface area contributed by atoms with Gasteiger partial charge in [-0.3, -0.25) is 0 Å². The number of amides is 1. The number of aromatic nitrogens is 1. The van der Waals surface area contributed by atoms with Crippen LogP contribution in [0.25, 0.3) is 0 Å². The molecule has 0 atom stereocenters. The van der Waals surface area contributed by atoms with Crippen LogP contribution in [0.5, 0.6) is 0 Å². The number of ether oxygens (including phenoxy) is 1. The molecule has 2 aromatic rings. The van der Waals surface area contributed by atoms with Crippen LogP contribution in [-0.4, -0.2) is 42.2 Å². The number of hydrogen-bond acceptors (Lipinski definition) is 5. The van der Waals surface area contributed by atoms with Gasteiger partial charge in [0.1, 0.15) is 12.4 Å². The second kappa shape index (κ2) is 7.47. The largest absolute Gasteiger partial charge is 0.445 e. The summed E-state index contributed by atoms with van der Waals surface area (Å²) in [7, 11) is 0. The zero-order valence-electron chi connectivity index (χ0n) is 13.3. The van der Waals surface area contributed by atoms with E-state index >= 15 is 0 Å². The first-order chi connectivity index (χ1) is 11.8. The third-order valence-electron chi connectivity index (χ3n) is 3.94. The molecule has 122 valence electrons. The molecule has 0 spiro atoms. The van der Waals surface area contributed by atoms with E-state index in [1.165, 1.54) is 0 Å². The van der Waals surface area contributed by atoms with Gasteiger partial charge in [0.15, 0.2) is 0 Å². The highest BCUT2D eigenvalue weighted by molar-refractivity contribution is 5.68. The van der Waals surface area contributed by atoms with Crippen LogP contribution in [0.4, 0.5) is 10.6 Å². The molecule has 6 heteroatoms. The summed E-state index contributed by atoms with van der Waals surface area (Å²) in [4.78, 5) is 20.2. The molecule has 0 aliphatic carbocycles. The summed E-state index contributed by atoms with van der Waals surface area (Å²) in [6.45, 7) is 2.77. The second-order valence-electron chi connectivity index (χ2n) is 5.53. The summed E-state index contributed by atoms with van der Waals surface area (Å²) >= 11 is 0. The molecule has 2 heterocycles. The van der Waals surface area contributed by atoms with Crippen LogP contribution in [0.15, 0.2) is 48.7 Å². The van der Waals surface area contributed by atoms with Crippen molar-refractivity contribution >= 4 is 11.9 Å². The SMILES string of the molecule is N#Cc1ccnc(N2CCN(C(=O)OCc3ccccc3)CC2)c1. The Hall–Kier alpha value is -3.07. The number of carbonyl (C=O) groups excluding carboxylic acids is 1. The van der Waals surface area contributed by atoms with Gasteiger partial charge < -0.3 is 14.5 Å². The Morgan fingerprint density at radius 1 is 1.17 bits per heavy atom. The van der Waals surface area contributed by atoms with E-state index in [1.807, 2.05) is 30.3 Å². The Morgan fingerprint density at radius 3 is 2.62 bits per heavy atom. The molecule has 6 nitrogen and oxygen atoms in total. The van der Waals surface area contributed by atoms with E-state index in [1.54, 1.807) is 23.2 Å². The number of nitriles is 1. The topological polar surface area (TPSA) is 69.5 Å². The van der Waals surface area contributed by atoms with E-state index in [4.69, 9.17) is 10.00 Å². The van der Waals surface area contributed by atoms with Crippen molar-refractivity contribution in [1.82, 2.24) is 9.88 Å². The first-order valence-corrected chi connectivity index (χ1v) is 7.83. The van der Waals surface area contributed by atoms with Gasteiger partial charge in [-0.2, -0.15) is 5.26 Å². The average molecular weight is 322 g/mol. The minimum atomic E-state index is -0.294. The molecule has 24 heavy (non-hydrogen) atoms. The molecule has 0 radical (unpaired) electrons. The van der Waals surface area contributed by atoms with E-state index in [0.717, 1.165) is 11.4 Å². The maximum absolute atomic E-state index is 12.1. The molecular weight excluding hydrogens is 304 g/mol. The lowest BCUT2D eigenvalue weighted by Gasteiger charge is -2.34. The quantitative estimate of drug-likeness (QED) is 0.868. The Morgan fingerprint density at radius 2 is 1.92 bits per heavy atom. The highest BCUT2D eigenvalue weighted by atomic mass is 16.6. The third kappa shape index (κ3) is 3.82. The first kappa shape index (κ1) is 15.8. The molecule has 0 unspecified atom stereocenters. The number of benzene rings is 1. The normalized spacial score (nSPS) is 14.1. The number of hydrogen-bond donors (Lipinski definition) is 0. The molecule has 0 bridgehead atoms. The number of anilines is 1. The fourth-order valence-electron chi connectivity index (χ4n) is 2.59. The smallest absolute Gasteiger partial charge is 0.410 e. The first-order valence-electron chi connectivity index (χ1n) is 7.83. The van der Waals surface area contributed by atoms with Gasteiger partial charge in [-0.1, -0.05) is 30.3 Å². The van der Waals surface area contributed by atoms with Crippen molar-refractivity contribution in [2.45, 2.75) is 6.61 Å². The number of nitrogens with zero attached hydrogens (tertiary/aromatic N) is 4. The molecule has 0 saturated carbocycles. The Kier molecular flexibility index (Phi) is 4.92. The molecule has 1 amide bonds. The highest BCUT2D eigenvalue weighted by Crippen LogP contribution is 2.15. The number of pyridine rings is 1. The Bertz CT molecular complexity index is 734. The summed E-state index contributed by atoms with van der Waals surface area (Å²) in [6, 6.07) is 15.2. The molecule has 1 saturated heterocycles. The summed E-state index contributed by atoms with van der Waals surface area (Å²) in [6.07, 6.45) is 1.34. The standard InChI is InChI=1S/C18H18N4O2/c19-13-16-6-7-20-17(12-16)21-8-10-22(11-9-21)18(23)24-14-15-4-2-1-3-5-15/h1-7,12H,8-11,14H2. The number of carbonyl (C=O) groups is 1. The van der Waals surface area contributed by atoms with Crippen LogP contribution in [0.3, 0.4) is 0 Å². The monoisotopic (exact) mass is 322 g/mol. The molecule has 0 N–H and O–H groups in total. The van der Waals surface area contributed by atoms with Crippen LogP contribution in [-0.2, 0) is 11.3 Å². The highest BCUT2D eigenvalue weighted by Gasteiger charge is 2.23. The van der Waals surface area contributed by atoms with Gasteiger partial charge in [0.05, 0.1) is 11.6 Å². The molecular formula is C18H18N4O2. The van der Waals surface area contributed by atoms with Gasteiger partial charge in [-0.25, -0.2) is 9.78 Å². The van der Waals surface area contributed by atoms with Gasteiger partial charge in [0.2, 0.25) is 0 Å². The zero-order chi connectivity index (χ0) is 16.8. The van der Waals surface area contributed by atoms with E-state index in [9.17, 15) is 4.79 Å². The Balaban J connectivity index is 1.51. The summed E-state index contributed by atoms with van der Waals surface area (Å²) in [5.74, 6) is 0.770. The van der Waals surface area contributed by atoms with Crippen LogP contribution >= 0.6 is 0 Å². The zero-order valence-corrected chi connectivity index (χ0v) is 13.3. The van der Waals surface area contributed by atoms with Gasteiger partial charge >= 0.3 is 6.09 Å². The van der Waals surface area contributed by atoms with Crippen molar-refractivity contribution in [3.63, 3.8) is 0 Å². The van der Waals surface area contributed by atoms with Crippen molar-refractivity contribution < 1.29 is 9.53 Å². The fraction of sp³-hybridized carbons (Fsp3) is 0.278. The Labute approximate surface area is 140 Å². The predicted octanol–water partition coefficient (Wildman–Crippen LogP) is 2.41. The summed E-state index contributed by atoms with van der Waals surface area (Å²) < 4.78 is 5.35. The van der Waals surface area contributed by atoms with E-state index in [-0.39, 0.29) is 12.7 Å². The van der Waals surface area contributed by atoms with Gasteiger partial charge in [-0.05, 0) is 17.7 Å². The van der Waals surface area contributed by atoms with Gasteiger partial charge in [-0.15, -0.1) is 0 Å². The molecule has 1 fully saturated rings. The molecule has 1 aromatic heterocycles. The minimum Gasteiger partial charge on any atom is -0.445 e. The number of piperazine rings is 1. The van der Waals surface area contributed by atoms with Gasteiger partial charge in [0.25, 0.3) is 0 Å². The lowest BCUT2D eigenvalue weighted by atomic mass is 10.2. The fourth-order valence-corrected chi connectivity index (χ4v) is 2.59. The molecule has 1 aliphatic rings. The summed E-state index contributed by atoms with van der Waals surface area (Å²) in [5.41, 5.74) is 1.56. The molecule has 1 aromatic carbocycles. The van der Waals surface area contributed by atoms with E-state index in [2.05, 4.69) is 16.0 Å². The van der Waals surface area contributed by atoms with Crippen molar-refractivity contribution in [3.05, 3.63) is 59.8 Å². The third-order valence-corrected chi connectivity index (χ3v) is 3.94. The van der Waals surface area contributed by atoms with Crippen molar-refractivity contribution in [2.24, 2.45) is 0 Å². The number of rotatable bonds is 3. The van der Waals surface area contributed by atoms with Gasteiger partial charge in [0, 0.05) is 32.4 Å². The van der Waals surface area contributed by atoms with Crippen LogP contribution in [0, 0.1) is 11.3 Å². The lowest BCUT2D eigenvalue weighted by Crippen LogP contribution is -2.49. The van der Waals surface area contributed by atoms with Crippen molar-refractivity contribution in [3.8, 4) is 6.07 Å². The van der Waals surface area contributed by atoms with Crippen LogP contribution in [0.1, 0.15) is 11.1 Å². The minimum absolute atomic E-state index is 0.283. The maximum Gasteiger partial charge on any atom is 0.410 e. The lowest BCUT2D eigenvalue weighted by molar-refractivity contribution is 0.0941. The maximum atomic E-state index is 12.1. The predicted molar refractivity (Wildman–Crippen MR) is 89.4 cm³/mol. The van der Waals surface area contributed by atoms with Crippen LogP contribution < -0.4 is 4.90 Å². The average Bonchev–Trinajstić information content (AvgIpc) is 2.67. The van der Waals surface area contributed by atoms with E-state index < -0.39 is 0 Å². The second-order valence-corrected chi connectivity index (χ2v) is 5.53.